The maximum atomic E-state index is 13.8. The molecule has 5 rings (SSSR count). The monoisotopic (exact) mass is 537 g/mol. The van der Waals surface area contributed by atoms with Crippen molar-refractivity contribution in [2.45, 2.75) is 44.8 Å². The Morgan fingerprint density at radius 3 is 2.45 bits per heavy atom. The van der Waals surface area contributed by atoms with Crippen LogP contribution in [0.4, 0.5) is 4.79 Å². The van der Waals surface area contributed by atoms with Crippen molar-refractivity contribution in [1.29, 1.82) is 0 Å². The minimum absolute atomic E-state index is 0.0275. The zero-order chi connectivity index (χ0) is 26.8. The van der Waals surface area contributed by atoms with Gasteiger partial charge in [0.2, 0.25) is 5.91 Å². The fourth-order valence-electron chi connectivity index (χ4n) is 5.73. The van der Waals surface area contributed by atoms with Gasteiger partial charge in [-0.1, -0.05) is 32.0 Å². The largest absolute Gasteiger partial charge is 0.340 e. The third-order valence-corrected chi connectivity index (χ3v) is 8.52. The number of thiophene rings is 1. The lowest BCUT2D eigenvalue weighted by Crippen LogP contribution is -2.54. The maximum absolute atomic E-state index is 13.8. The minimum Gasteiger partial charge on any atom is -0.340 e. The number of nitrogens with one attached hydrogen (secondary N) is 2. The van der Waals surface area contributed by atoms with Crippen LogP contribution in [-0.2, 0) is 9.59 Å². The molecule has 2 aromatic rings. The quantitative estimate of drug-likeness (QED) is 0.590. The topological polar surface area (TPSA) is 102 Å². The molecule has 9 nitrogen and oxygen atoms in total. The van der Waals surface area contributed by atoms with Gasteiger partial charge in [0, 0.05) is 43.2 Å². The maximum Gasteiger partial charge on any atom is 0.320 e. The number of hydrogen-bond acceptors (Lipinski definition) is 6. The van der Waals surface area contributed by atoms with Gasteiger partial charge in [-0.2, -0.15) is 0 Å². The number of likely N-dealkylation sites (tertiary alicyclic amines) is 2. The van der Waals surface area contributed by atoms with Gasteiger partial charge >= 0.3 is 6.03 Å². The average Bonchev–Trinajstić information content (AvgIpc) is 3.67. The number of fused-ring (bicyclic) bond motifs is 1. The van der Waals surface area contributed by atoms with Crippen LogP contribution in [-0.4, -0.2) is 95.7 Å². The van der Waals surface area contributed by atoms with Crippen molar-refractivity contribution in [2.75, 3.05) is 39.3 Å². The van der Waals surface area contributed by atoms with Gasteiger partial charge in [0.1, 0.15) is 12.1 Å². The summed E-state index contributed by atoms with van der Waals surface area (Å²) in [6.07, 6.45) is 1.02. The van der Waals surface area contributed by atoms with Crippen molar-refractivity contribution in [1.82, 2.24) is 25.3 Å². The lowest BCUT2D eigenvalue weighted by molar-refractivity contribution is -0.138. The smallest absolute Gasteiger partial charge is 0.320 e. The Bertz CT molecular complexity index is 1180. The molecule has 3 atom stereocenters. The molecule has 3 aliphatic rings. The Morgan fingerprint density at radius 2 is 1.79 bits per heavy atom. The molecule has 4 amide bonds. The second-order valence-corrected chi connectivity index (χ2v) is 11.6. The Balaban J connectivity index is 1.28. The van der Waals surface area contributed by atoms with Crippen LogP contribution in [0.2, 0.25) is 0 Å². The summed E-state index contributed by atoms with van der Waals surface area (Å²) in [5, 5.41) is 8.19. The molecule has 0 bridgehead atoms. The summed E-state index contributed by atoms with van der Waals surface area (Å²) in [4.78, 5) is 59.3. The van der Waals surface area contributed by atoms with Crippen LogP contribution in [0.15, 0.2) is 41.8 Å². The molecule has 3 unspecified atom stereocenters. The van der Waals surface area contributed by atoms with Gasteiger partial charge in [0.15, 0.2) is 5.78 Å². The standard InChI is InChI=1S/C28H35N5O4S/c1-18(2)16-21(30-26(35)20-7-5-19(6-8-20)24-4-3-15-38-24)27(36)32-12-9-22-25(32)23(34)17-33(22)28(37)31-13-10-29-11-14-31/h3-8,15,18,21-22,25,29H,9-14,16-17H2,1-2H3,(H,30,35). The fourth-order valence-corrected chi connectivity index (χ4v) is 6.46. The molecule has 0 saturated carbocycles. The van der Waals surface area contributed by atoms with Crippen LogP contribution in [0.25, 0.3) is 10.4 Å². The van der Waals surface area contributed by atoms with Gasteiger partial charge in [-0.15, -0.1) is 11.3 Å². The molecule has 0 radical (unpaired) electrons. The predicted molar refractivity (Wildman–Crippen MR) is 146 cm³/mol. The first-order valence-electron chi connectivity index (χ1n) is 13.4. The molecule has 0 spiro atoms. The van der Waals surface area contributed by atoms with E-state index in [0.717, 1.165) is 23.5 Å². The average molecular weight is 538 g/mol. The fraction of sp³-hybridized carbons (Fsp3) is 0.500. The number of nitrogens with zero attached hydrogens (tertiary/aromatic N) is 3. The first-order valence-corrected chi connectivity index (χ1v) is 14.3. The molecule has 4 heterocycles. The highest BCUT2D eigenvalue weighted by molar-refractivity contribution is 7.13. The lowest BCUT2D eigenvalue weighted by atomic mass is 10.0. The van der Waals surface area contributed by atoms with E-state index in [2.05, 4.69) is 10.6 Å². The molecular weight excluding hydrogens is 502 g/mol. The van der Waals surface area contributed by atoms with Gasteiger partial charge in [-0.3, -0.25) is 14.4 Å². The molecule has 3 fully saturated rings. The van der Waals surface area contributed by atoms with Gasteiger partial charge < -0.3 is 25.3 Å². The Kier molecular flexibility index (Phi) is 7.80. The summed E-state index contributed by atoms with van der Waals surface area (Å²) in [7, 11) is 0. The van der Waals surface area contributed by atoms with E-state index < -0.39 is 12.1 Å². The van der Waals surface area contributed by atoms with Gasteiger partial charge in [-0.25, -0.2) is 4.79 Å². The number of amides is 4. The summed E-state index contributed by atoms with van der Waals surface area (Å²) in [6, 6.07) is 9.55. The highest BCUT2D eigenvalue weighted by atomic mass is 32.1. The SMILES string of the molecule is CC(C)CC(NC(=O)c1ccc(-c2cccs2)cc1)C(=O)N1CCC2C1C(=O)CN2C(=O)N1CCNCC1. The normalized spacial score (nSPS) is 22.1. The van der Waals surface area contributed by atoms with E-state index in [4.69, 9.17) is 0 Å². The second-order valence-electron chi connectivity index (χ2n) is 10.7. The zero-order valence-corrected chi connectivity index (χ0v) is 22.7. The first kappa shape index (κ1) is 26.4. The summed E-state index contributed by atoms with van der Waals surface area (Å²) in [5.41, 5.74) is 1.52. The van der Waals surface area contributed by atoms with E-state index in [1.165, 1.54) is 0 Å². The molecule has 3 aliphatic heterocycles. The van der Waals surface area contributed by atoms with E-state index in [0.29, 0.717) is 38.0 Å². The Morgan fingerprint density at radius 1 is 1.05 bits per heavy atom. The van der Waals surface area contributed by atoms with Gasteiger partial charge in [-0.05, 0) is 47.9 Å². The minimum atomic E-state index is -0.746. The molecule has 10 heteroatoms. The number of carbonyl (C=O) groups excluding carboxylic acids is 4. The molecule has 38 heavy (non-hydrogen) atoms. The molecular formula is C28H35N5O4S. The molecule has 0 aliphatic carbocycles. The third kappa shape index (κ3) is 5.33. The van der Waals surface area contributed by atoms with Crippen LogP contribution in [0, 0.1) is 5.92 Å². The van der Waals surface area contributed by atoms with E-state index >= 15 is 0 Å². The van der Waals surface area contributed by atoms with Crippen LogP contribution >= 0.6 is 11.3 Å². The number of urea groups is 1. The Labute approximate surface area is 227 Å². The molecule has 202 valence electrons. The van der Waals surface area contributed by atoms with Crippen LogP contribution in [0.5, 0.6) is 0 Å². The first-order chi connectivity index (χ1) is 18.3. The number of hydrogen-bond donors (Lipinski definition) is 2. The number of piperazine rings is 1. The number of carbonyl (C=O) groups is 4. The van der Waals surface area contributed by atoms with Crippen molar-refractivity contribution in [3.63, 3.8) is 0 Å². The summed E-state index contributed by atoms with van der Waals surface area (Å²) in [5.74, 6) is -0.512. The second kappa shape index (κ2) is 11.2. The Hall–Kier alpha value is -3.24. The van der Waals surface area contributed by atoms with Crippen molar-refractivity contribution < 1.29 is 19.2 Å². The number of Topliss-reactive ketones (excluding diaryl/α,β-unsaturated/α-hetero) is 1. The lowest BCUT2D eigenvalue weighted by Gasteiger charge is -2.33. The highest BCUT2D eigenvalue weighted by Crippen LogP contribution is 2.32. The van der Waals surface area contributed by atoms with Crippen molar-refractivity contribution >= 4 is 35.0 Å². The number of rotatable bonds is 6. The molecule has 2 N–H and O–H groups in total. The summed E-state index contributed by atoms with van der Waals surface area (Å²) >= 11 is 1.64. The molecule has 1 aromatic heterocycles. The van der Waals surface area contributed by atoms with E-state index in [-0.39, 0.29) is 42.1 Å². The number of ketones is 1. The van der Waals surface area contributed by atoms with E-state index in [1.54, 1.807) is 38.2 Å². The van der Waals surface area contributed by atoms with Crippen molar-refractivity contribution in [3.05, 3.63) is 47.3 Å². The van der Waals surface area contributed by atoms with Crippen molar-refractivity contribution in [2.24, 2.45) is 5.92 Å². The van der Waals surface area contributed by atoms with Crippen molar-refractivity contribution in [3.8, 4) is 10.4 Å². The zero-order valence-electron chi connectivity index (χ0n) is 21.9. The third-order valence-electron chi connectivity index (χ3n) is 7.60. The van der Waals surface area contributed by atoms with Gasteiger partial charge in [0.25, 0.3) is 5.91 Å². The summed E-state index contributed by atoms with van der Waals surface area (Å²) < 4.78 is 0. The molecule has 1 aromatic carbocycles. The molecule has 3 saturated heterocycles. The summed E-state index contributed by atoms with van der Waals surface area (Å²) in [6.45, 7) is 7.12. The predicted octanol–water partition coefficient (Wildman–Crippen LogP) is 2.44. The van der Waals surface area contributed by atoms with E-state index in [1.807, 2.05) is 43.5 Å². The number of benzene rings is 1. The highest BCUT2D eigenvalue weighted by Gasteiger charge is 2.52. The van der Waals surface area contributed by atoms with Crippen LogP contribution < -0.4 is 10.6 Å². The van der Waals surface area contributed by atoms with Gasteiger partial charge in [0.05, 0.1) is 12.6 Å². The van der Waals surface area contributed by atoms with E-state index in [9.17, 15) is 19.2 Å². The van der Waals surface area contributed by atoms with Crippen LogP contribution in [0.3, 0.4) is 0 Å². The van der Waals surface area contributed by atoms with Crippen LogP contribution in [0.1, 0.15) is 37.0 Å².